The molecule has 7 heteroatoms. The molecule has 1 aliphatic heterocycles. The van der Waals surface area contributed by atoms with Crippen LogP contribution in [0.3, 0.4) is 0 Å². The molecule has 0 N–H and O–H groups in total. The number of morpholine rings is 1. The number of fused-ring (bicyclic) bond motifs is 1. The number of methoxy groups -OCH3 is 1. The van der Waals surface area contributed by atoms with Crippen molar-refractivity contribution in [2.24, 2.45) is 0 Å². The van der Waals surface area contributed by atoms with E-state index in [9.17, 15) is 4.79 Å². The number of nitrogens with zero attached hydrogens (tertiary/aromatic N) is 3. The van der Waals surface area contributed by atoms with Crippen molar-refractivity contribution in [1.29, 1.82) is 0 Å². The van der Waals surface area contributed by atoms with E-state index < -0.39 is 6.10 Å². The first-order valence-corrected chi connectivity index (χ1v) is 7.72. The Morgan fingerprint density at radius 3 is 3.19 bits per heavy atom. The first-order chi connectivity index (χ1) is 10.2. The maximum absolute atomic E-state index is 11.7. The molecule has 0 amide bonds. The maximum atomic E-state index is 11.7. The molecule has 3 heterocycles. The van der Waals surface area contributed by atoms with Gasteiger partial charge >= 0.3 is 5.97 Å². The molecule has 6 nitrogen and oxygen atoms in total. The first-order valence-electron chi connectivity index (χ1n) is 6.90. The van der Waals surface area contributed by atoms with E-state index >= 15 is 0 Å². The summed E-state index contributed by atoms with van der Waals surface area (Å²) in [4.78, 5) is 24.7. The molecule has 1 fully saturated rings. The van der Waals surface area contributed by atoms with Crippen molar-refractivity contribution in [2.45, 2.75) is 19.4 Å². The summed E-state index contributed by atoms with van der Waals surface area (Å²) in [7, 11) is 1.37. The molecular formula is C14H17N3O3S. The largest absolute Gasteiger partial charge is 0.467 e. The van der Waals surface area contributed by atoms with Gasteiger partial charge in [-0.05, 0) is 12.5 Å². The third-order valence-corrected chi connectivity index (χ3v) is 4.73. The Bertz CT molecular complexity index is 658. The second-order valence-corrected chi connectivity index (χ2v) is 5.93. The molecule has 1 saturated heterocycles. The van der Waals surface area contributed by atoms with Gasteiger partial charge in [-0.25, -0.2) is 14.8 Å². The van der Waals surface area contributed by atoms with Crippen LogP contribution in [0, 0.1) is 0 Å². The molecule has 2 aromatic rings. The highest BCUT2D eigenvalue weighted by molar-refractivity contribution is 7.18. The van der Waals surface area contributed by atoms with Crippen LogP contribution in [0.5, 0.6) is 0 Å². The van der Waals surface area contributed by atoms with Crippen LogP contribution in [0.25, 0.3) is 10.2 Å². The Morgan fingerprint density at radius 2 is 2.43 bits per heavy atom. The zero-order chi connectivity index (χ0) is 14.8. The number of aromatic nitrogens is 2. The lowest BCUT2D eigenvalue weighted by atomic mass is 10.2. The molecule has 1 unspecified atom stereocenters. The van der Waals surface area contributed by atoms with Gasteiger partial charge in [0.05, 0.1) is 25.6 Å². The molecule has 0 spiro atoms. The van der Waals surface area contributed by atoms with Gasteiger partial charge in [0.25, 0.3) is 0 Å². The van der Waals surface area contributed by atoms with Crippen LogP contribution >= 0.6 is 11.3 Å². The Hall–Kier alpha value is -1.73. The average Bonchev–Trinajstić information content (AvgIpc) is 2.97. The summed E-state index contributed by atoms with van der Waals surface area (Å²) in [6.07, 6.45) is 2.00. The van der Waals surface area contributed by atoms with Crippen molar-refractivity contribution in [3.63, 3.8) is 0 Å². The second-order valence-electron chi connectivity index (χ2n) is 4.81. The van der Waals surface area contributed by atoms with Crippen molar-refractivity contribution >= 4 is 33.3 Å². The van der Waals surface area contributed by atoms with Crippen LogP contribution in [0.2, 0.25) is 0 Å². The summed E-state index contributed by atoms with van der Waals surface area (Å²) in [6, 6.07) is 2.14. The normalized spacial score (nSPS) is 19.0. The van der Waals surface area contributed by atoms with E-state index in [4.69, 9.17) is 9.47 Å². The Labute approximate surface area is 126 Å². The number of hydrogen-bond acceptors (Lipinski definition) is 7. The fourth-order valence-corrected chi connectivity index (χ4v) is 3.36. The van der Waals surface area contributed by atoms with Gasteiger partial charge < -0.3 is 14.4 Å². The Kier molecular flexibility index (Phi) is 4.03. The minimum absolute atomic E-state index is 0.343. The number of carbonyl (C=O) groups is 1. The summed E-state index contributed by atoms with van der Waals surface area (Å²) in [6.45, 7) is 3.77. The highest BCUT2D eigenvalue weighted by Crippen LogP contribution is 2.31. The Morgan fingerprint density at radius 1 is 1.57 bits per heavy atom. The van der Waals surface area contributed by atoms with E-state index in [0.717, 1.165) is 22.5 Å². The second kappa shape index (κ2) is 5.95. The topological polar surface area (TPSA) is 64.5 Å². The number of anilines is 1. The van der Waals surface area contributed by atoms with Crippen LogP contribution in [0.15, 0.2) is 12.4 Å². The number of carbonyl (C=O) groups excluding carboxylic acids is 1. The van der Waals surface area contributed by atoms with Crippen LogP contribution < -0.4 is 4.90 Å². The monoisotopic (exact) mass is 307 g/mol. The third kappa shape index (κ3) is 2.71. The molecule has 0 radical (unpaired) electrons. The molecule has 3 rings (SSSR count). The Balaban J connectivity index is 1.92. The van der Waals surface area contributed by atoms with E-state index in [0.29, 0.717) is 19.7 Å². The highest BCUT2D eigenvalue weighted by atomic mass is 32.1. The lowest BCUT2D eigenvalue weighted by molar-refractivity contribution is -0.154. The quantitative estimate of drug-likeness (QED) is 0.803. The molecule has 1 aliphatic rings. The molecule has 0 aromatic carbocycles. The zero-order valence-electron chi connectivity index (χ0n) is 12.0. The number of aryl methyl sites for hydroxylation is 1. The SMILES string of the molecule is CCc1cc2c(N3CCOC(C(=O)OC)C3)ncnc2s1. The maximum Gasteiger partial charge on any atom is 0.336 e. The van der Waals surface area contributed by atoms with Crippen LogP contribution in [-0.4, -0.2) is 48.8 Å². The molecule has 112 valence electrons. The lowest BCUT2D eigenvalue weighted by Gasteiger charge is -2.32. The predicted molar refractivity (Wildman–Crippen MR) is 80.8 cm³/mol. The molecule has 0 bridgehead atoms. The van der Waals surface area contributed by atoms with Gasteiger partial charge in [0.2, 0.25) is 0 Å². The molecule has 0 saturated carbocycles. The number of esters is 1. The van der Waals surface area contributed by atoms with Gasteiger partial charge in [-0.2, -0.15) is 0 Å². The van der Waals surface area contributed by atoms with Crippen molar-refractivity contribution in [2.75, 3.05) is 31.7 Å². The van der Waals surface area contributed by atoms with Gasteiger partial charge in [-0.1, -0.05) is 6.92 Å². The average molecular weight is 307 g/mol. The fraction of sp³-hybridized carbons (Fsp3) is 0.500. The van der Waals surface area contributed by atoms with E-state index in [1.807, 2.05) is 0 Å². The molecule has 21 heavy (non-hydrogen) atoms. The predicted octanol–water partition coefficient (Wildman–Crippen LogP) is 1.63. The highest BCUT2D eigenvalue weighted by Gasteiger charge is 2.29. The smallest absolute Gasteiger partial charge is 0.336 e. The zero-order valence-corrected chi connectivity index (χ0v) is 12.9. The standard InChI is InChI=1S/C14H17N3O3S/c1-3-9-6-10-12(15-8-16-13(10)21-9)17-4-5-20-11(7-17)14(18)19-2/h6,8,11H,3-5,7H2,1-2H3. The van der Waals surface area contributed by atoms with Crippen molar-refractivity contribution in [1.82, 2.24) is 9.97 Å². The molecule has 2 aromatic heterocycles. The molecule has 1 atom stereocenters. The summed E-state index contributed by atoms with van der Waals surface area (Å²) in [5.74, 6) is 0.526. The summed E-state index contributed by atoms with van der Waals surface area (Å²) in [5.41, 5.74) is 0. The van der Waals surface area contributed by atoms with E-state index in [1.54, 1.807) is 17.7 Å². The summed E-state index contributed by atoms with van der Waals surface area (Å²) in [5, 5.41) is 1.05. The fourth-order valence-electron chi connectivity index (χ4n) is 2.43. The number of hydrogen-bond donors (Lipinski definition) is 0. The van der Waals surface area contributed by atoms with E-state index in [-0.39, 0.29) is 5.97 Å². The van der Waals surface area contributed by atoms with Crippen LogP contribution in [-0.2, 0) is 20.7 Å². The number of thiophene rings is 1. The van der Waals surface area contributed by atoms with Crippen molar-refractivity contribution in [3.8, 4) is 0 Å². The molecule has 0 aliphatic carbocycles. The van der Waals surface area contributed by atoms with E-state index in [2.05, 4.69) is 27.9 Å². The van der Waals surface area contributed by atoms with Crippen LogP contribution in [0.1, 0.15) is 11.8 Å². The molecular weight excluding hydrogens is 290 g/mol. The van der Waals surface area contributed by atoms with E-state index in [1.165, 1.54) is 12.0 Å². The third-order valence-electron chi connectivity index (χ3n) is 3.54. The van der Waals surface area contributed by atoms with Gasteiger partial charge in [0, 0.05) is 11.4 Å². The lowest BCUT2D eigenvalue weighted by Crippen LogP contribution is -2.47. The van der Waals surface area contributed by atoms with Gasteiger partial charge in [-0.3, -0.25) is 0 Å². The number of rotatable bonds is 3. The van der Waals surface area contributed by atoms with Gasteiger partial charge in [0.1, 0.15) is 17.0 Å². The minimum atomic E-state index is -0.557. The van der Waals surface area contributed by atoms with Crippen molar-refractivity contribution in [3.05, 3.63) is 17.3 Å². The van der Waals surface area contributed by atoms with Crippen molar-refractivity contribution < 1.29 is 14.3 Å². The number of ether oxygens (including phenoxy) is 2. The minimum Gasteiger partial charge on any atom is -0.467 e. The first kappa shape index (κ1) is 14.2. The van der Waals surface area contributed by atoms with Crippen LogP contribution in [0.4, 0.5) is 5.82 Å². The summed E-state index contributed by atoms with van der Waals surface area (Å²) >= 11 is 1.69. The summed E-state index contributed by atoms with van der Waals surface area (Å²) < 4.78 is 10.2. The van der Waals surface area contributed by atoms with Gasteiger partial charge in [0.15, 0.2) is 6.10 Å². The van der Waals surface area contributed by atoms with Gasteiger partial charge in [-0.15, -0.1) is 11.3 Å².